The zero-order valence-corrected chi connectivity index (χ0v) is 10.1. The molecule has 0 aliphatic carbocycles. The molecule has 0 bridgehead atoms. The molecule has 2 heterocycles. The summed E-state index contributed by atoms with van der Waals surface area (Å²) in [6, 6.07) is 0. The molecule has 1 aromatic rings. The summed E-state index contributed by atoms with van der Waals surface area (Å²) in [5.41, 5.74) is 2.66. The largest absolute Gasteiger partial charge is 0.328 e. The van der Waals surface area contributed by atoms with Gasteiger partial charge in [0.05, 0.1) is 6.54 Å². The van der Waals surface area contributed by atoms with Crippen molar-refractivity contribution in [2.24, 2.45) is 4.99 Å². The van der Waals surface area contributed by atoms with Gasteiger partial charge in [0.1, 0.15) is 0 Å². The van der Waals surface area contributed by atoms with Crippen LogP contribution in [0.1, 0.15) is 25.8 Å². The molecule has 0 aromatic carbocycles. The number of aliphatic imine (C=N–C) groups is 1. The van der Waals surface area contributed by atoms with Crippen LogP contribution in [0.15, 0.2) is 27.8 Å². The van der Waals surface area contributed by atoms with Crippen molar-refractivity contribution in [1.82, 2.24) is 9.88 Å². The maximum atomic E-state index is 4.59. The summed E-state index contributed by atoms with van der Waals surface area (Å²) in [5, 5.41) is 3.01. The SMILES string of the molecule is CCN1C(c2nccs2)=NCC(C)=C1C. The maximum Gasteiger partial charge on any atom is 0.165 e. The summed E-state index contributed by atoms with van der Waals surface area (Å²) < 4.78 is 0. The van der Waals surface area contributed by atoms with Gasteiger partial charge in [0.2, 0.25) is 0 Å². The van der Waals surface area contributed by atoms with E-state index in [1.165, 1.54) is 11.3 Å². The fourth-order valence-corrected chi connectivity index (χ4v) is 2.34. The number of thiazole rings is 1. The van der Waals surface area contributed by atoms with E-state index < -0.39 is 0 Å². The van der Waals surface area contributed by atoms with Crippen LogP contribution >= 0.6 is 11.3 Å². The molecule has 4 heteroatoms. The van der Waals surface area contributed by atoms with Gasteiger partial charge in [-0.2, -0.15) is 0 Å². The summed E-state index contributed by atoms with van der Waals surface area (Å²) >= 11 is 1.65. The van der Waals surface area contributed by atoms with E-state index in [4.69, 9.17) is 0 Å². The number of hydrogen-bond donors (Lipinski definition) is 0. The summed E-state index contributed by atoms with van der Waals surface area (Å²) in [4.78, 5) is 11.1. The Morgan fingerprint density at radius 1 is 1.47 bits per heavy atom. The number of allylic oxidation sites excluding steroid dienone is 1. The van der Waals surface area contributed by atoms with Crippen molar-refractivity contribution in [3.63, 3.8) is 0 Å². The van der Waals surface area contributed by atoms with Crippen LogP contribution in [0.4, 0.5) is 0 Å². The summed E-state index contributed by atoms with van der Waals surface area (Å²) in [6.07, 6.45) is 1.83. The van der Waals surface area contributed by atoms with Crippen LogP contribution in [0.2, 0.25) is 0 Å². The van der Waals surface area contributed by atoms with Crippen LogP contribution < -0.4 is 0 Å². The third-order valence-electron chi connectivity index (χ3n) is 2.68. The first-order valence-electron chi connectivity index (χ1n) is 5.12. The minimum atomic E-state index is 0.803. The Morgan fingerprint density at radius 2 is 2.27 bits per heavy atom. The van der Waals surface area contributed by atoms with E-state index in [1.807, 2.05) is 11.6 Å². The molecule has 0 saturated carbocycles. The fraction of sp³-hybridized carbons (Fsp3) is 0.455. The lowest BCUT2D eigenvalue weighted by molar-refractivity contribution is 0.522. The van der Waals surface area contributed by atoms with Crippen molar-refractivity contribution in [3.05, 3.63) is 27.9 Å². The first-order chi connectivity index (χ1) is 7.24. The molecule has 0 atom stereocenters. The average Bonchev–Trinajstić information content (AvgIpc) is 2.75. The monoisotopic (exact) mass is 221 g/mol. The number of nitrogens with zero attached hydrogens (tertiary/aromatic N) is 3. The van der Waals surface area contributed by atoms with Crippen molar-refractivity contribution >= 4 is 17.2 Å². The van der Waals surface area contributed by atoms with Gasteiger partial charge in [-0.05, 0) is 26.3 Å². The van der Waals surface area contributed by atoms with Gasteiger partial charge < -0.3 is 4.90 Å². The quantitative estimate of drug-likeness (QED) is 0.767. The Balaban J connectivity index is 2.35. The van der Waals surface area contributed by atoms with Crippen LogP contribution in [0, 0.1) is 0 Å². The molecule has 0 unspecified atom stereocenters. The van der Waals surface area contributed by atoms with Gasteiger partial charge in [-0.3, -0.25) is 4.99 Å². The molecule has 0 saturated heterocycles. The first-order valence-corrected chi connectivity index (χ1v) is 6.00. The van der Waals surface area contributed by atoms with Crippen molar-refractivity contribution in [2.45, 2.75) is 20.8 Å². The van der Waals surface area contributed by atoms with Gasteiger partial charge in [0, 0.05) is 23.8 Å². The minimum absolute atomic E-state index is 0.803. The maximum absolute atomic E-state index is 4.59. The highest BCUT2D eigenvalue weighted by Crippen LogP contribution is 2.20. The van der Waals surface area contributed by atoms with E-state index in [2.05, 4.69) is 35.6 Å². The highest BCUT2D eigenvalue weighted by Gasteiger charge is 2.20. The molecule has 0 fully saturated rings. The van der Waals surface area contributed by atoms with Crippen molar-refractivity contribution in [1.29, 1.82) is 0 Å². The van der Waals surface area contributed by atoms with Crippen LogP contribution in [-0.4, -0.2) is 28.8 Å². The van der Waals surface area contributed by atoms with Gasteiger partial charge in [-0.15, -0.1) is 11.3 Å². The fourth-order valence-electron chi connectivity index (χ4n) is 1.69. The van der Waals surface area contributed by atoms with E-state index in [1.54, 1.807) is 11.3 Å². The number of rotatable bonds is 2. The lowest BCUT2D eigenvalue weighted by atomic mass is 10.2. The smallest absolute Gasteiger partial charge is 0.165 e. The second-order valence-electron chi connectivity index (χ2n) is 3.59. The molecular formula is C11H15N3S. The molecule has 2 rings (SSSR count). The van der Waals surface area contributed by atoms with Crippen LogP contribution in [0.5, 0.6) is 0 Å². The molecule has 0 N–H and O–H groups in total. The van der Waals surface area contributed by atoms with E-state index >= 15 is 0 Å². The van der Waals surface area contributed by atoms with E-state index in [9.17, 15) is 0 Å². The van der Waals surface area contributed by atoms with Gasteiger partial charge >= 0.3 is 0 Å². The number of aromatic nitrogens is 1. The molecule has 1 aliphatic rings. The Labute approximate surface area is 94.2 Å². The van der Waals surface area contributed by atoms with Gasteiger partial charge in [-0.25, -0.2) is 4.98 Å². The highest BCUT2D eigenvalue weighted by molar-refractivity contribution is 7.11. The van der Waals surface area contributed by atoms with Gasteiger partial charge in [-0.1, -0.05) is 0 Å². The third-order valence-corrected chi connectivity index (χ3v) is 3.45. The van der Waals surface area contributed by atoms with E-state index in [0.29, 0.717) is 0 Å². The average molecular weight is 221 g/mol. The predicted molar refractivity (Wildman–Crippen MR) is 64.3 cm³/mol. The Hall–Kier alpha value is -1.16. The molecular weight excluding hydrogens is 206 g/mol. The molecule has 0 spiro atoms. The van der Waals surface area contributed by atoms with E-state index in [-0.39, 0.29) is 0 Å². The lowest BCUT2D eigenvalue weighted by Gasteiger charge is -2.29. The second-order valence-corrected chi connectivity index (χ2v) is 4.48. The van der Waals surface area contributed by atoms with Crippen molar-refractivity contribution < 1.29 is 0 Å². The standard InChI is InChI=1S/C11H15N3S/c1-4-14-9(3)8(2)7-13-10(14)11-12-5-6-15-11/h5-6H,4,7H2,1-3H3. The number of amidine groups is 1. The Bertz CT molecular complexity index is 403. The van der Waals surface area contributed by atoms with Crippen molar-refractivity contribution in [3.8, 4) is 0 Å². The topological polar surface area (TPSA) is 28.5 Å². The lowest BCUT2D eigenvalue weighted by Crippen LogP contribution is -2.33. The Kier molecular flexibility index (Phi) is 2.86. The first kappa shape index (κ1) is 10.4. The molecule has 0 amide bonds. The van der Waals surface area contributed by atoms with Crippen molar-refractivity contribution in [2.75, 3.05) is 13.1 Å². The summed E-state index contributed by atoms with van der Waals surface area (Å²) in [6.45, 7) is 8.19. The second kappa shape index (κ2) is 4.14. The molecule has 3 nitrogen and oxygen atoms in total. The molecule has 1 aromatic heterocycles. The number of hydrogen-bond acceptors (Lipinski definition) is 4. The normalized spacial score (nSPS) is 17.0. The molecule has 15 heavy (non-hydrogen) atoms. The van der Waals surface area contributed by atoms with Gasteiger partial charge in [0.25, 0.3) is 0 Å². The summed E-state index contributed by atoms with van der Waals surface area (Å²) in [5.74, 6) is 1.02. The zero-order valence-electron chi connectivity index (χ0n) is 9.32. The highest BCUT2D eigenvalue weighted by atomic mass is 32.1. The molecule has 80 valence electrons. The Morgan fingerprint density at radius 3 is 2.87 bits per heavy atom. The third kappa shape index (κ3) is 1.81. The van der Waals surface area contributed by atoms with Gasteiger partial charge in [0.15, 0.2) is 10.8 Å². The zero-order chi connectivity index (χ0) is 10.8. The molecule has 0 radical (unpaired) electrons. The van der Waals surface area contributed by atoms with Crippen LogP contribution in [0.3, 0.4) is 0 Å². The minimum Gasteiger partial charge on any atom is -0.328 e. The summed E-state index contributed by atoms with van der Waals surface area (Å²) in [7, 11) is 0. The predicted octanol–water partition coefficient (Wildman–Crippen LogP) is 2.52. The molecule has 1 aliphatic heterocycles. The van der Waals surface area contributed by atoms with Crippen LogP contribution in [-0.2, 0) is 0 Å². The van der Waals surface area contributed by atoms with Crippen LogP contribution in [0.25, 0.3) is 0 Å². The van der Waals surface area contributed by atoms with E-state index in [0.717, 1.165) is 23.9 Å².